The Hall–Kier alpha value is -3.70. The maximum absolute atomic E-state index is 13.0. The molecule has 1 amide bonds. The van der Waals surface area contributed by atoms with Crippen LogP contribution in [0, 0.1) is 0 Å². The van der Waals surface area contributed by atoms with Gasteiger partial charge in [0.2, 0.25) is 6.79 Å². The lowest BCUT2D eigenvalue weighted by Crippen LogP contribution is -2.46. The lowest BCUT2D eigenvalue weighted by molar-refractivity contribution is -0.158. The highest BCUT2D eigenvalue weighted by atomic mass is 16.7. The first kappa shape index (κ1) is 26.9. The van der Waals surface area contributed by atoms with Crippen molar-refractivity contribution < 1.29 is 42.8 Å². The topological polar surface area (TPSA) is 132 Å². The first-order valence-corrected chi connectivity index (χ1v) is 11.4. The van der Waals surface area contributed by atoms with Gasteiger partial charge in [0, 0.05) is 32.2 Å². The molecule has 3 atom stereocenters. The molecular weight excluding hydrogens is 472 g/mol. The minimum Gasteiger partial charge on any atom is -0.493 e. The monoisotopic (exact) mass is 502 g/mol. The van der Waals surface area contributed by atoms with Gasteiger partial charge in [0.25, 0.3) is 5.91 Å². The normalized spacial score (nSPS) is 20.2. The number of nitrogens with one attached hydrogen (secondary N) is 1. The standard InChI is InChI=1S/C25H30N2O9/c1-16-20(33-13-18-7-5-4-6-8-18)10-12-32-14-19(25(30)36-16)27-24(29)22-23(35-15-34-17(2)28)21(31-3)9-11-26-22/h4-9,11,16,19-20H,10,12-15H2,1-3H3,(H,27,29)/t16-,19-,20+/m0/s1. The van der Waals surface area contributed by atoms with Gasteiger partial charge in [-0.1, -0.05) is 30.3 Å². The first-order chi connectivity index (χ1) is 17.4. The Labute approximate surface area is 209 Å². The Morgan fingerprint density at radius 3 is 2.69 bits per heavy atom. The van der Waals surface area contributed by atoms with Crippen LogP contribution < -0.4 is 14.8 Å². The number of pyridine rings is 1. The molecule has 1 aromatic heterocycles. The summed E-state index contributed by atoms with van der Waals surface area (Å²) in [5.41, 5.74) is 0.839. The van der Waals surface area contributed by atoms with E-state index >= 15 is 0 Å². The van der Waals surface area contributed by atoms with Crippen molar-refractivity contribution >= 4 is 17.8 Å². The summed E-state index contributed by atoms with van der Waals surface area (Å²) in [6.07, 6.45) is 0.902. The molecule has 1 aliphatic rings. The minimum absolute atomic E-state index is 0.0427. The zero-order chi connectivity index (χ0) is 25.9. The molecule has 2 heterocycles. The third-order valence-corrected chi connectivity index (χ3v) is 5.32. The molecule has 36 heavy (non-hydrogen) atoms. The molecule has 1 fully saturated rings. The van der Waals surface area contributed by atoms with Crippen LogP contribution in [0.4, 0.5) is 0 Å². The molecule has 1 N–H and O–H groups in total. The highest BCUT2D eigenvalue weighted by molar-refractivity contribution is 5.98. The number of cyclic esters (lactones) is 1. The average molecular weight is 503 g/mol. The van der Waals surface area contributed by atoms with Gasteiger partial charge in [-0.25, -0.2) is 9.78 Å². The first-order valence-electron chi connectivity index (χ1n) is 11.4. The number of carbonyl (C=O) groups excluding carboxylic acids is 3. The second-order valence-corrected chi connectivity index (χ2v) is 7.96. The predicted octanol–water partition coefficient (Wildman–Crippen LogP) is 2.03. The van der Waals surface area contributed by atoms with Gasteiger partial charge < -0.3 is 33.7 Å². The Morgan fingerprint density at radius 1 is 1.19 bits per heavy atom. The Morgan fingerprint density at radius 2 is 1.97 bits per heavy atom. The number of methoxy groups -OCH3 is 1. The summed E-state index contributed by atoms with van der Waals surface area (Å²) in [5.74, 6) is -1.80. The number of rotatable bonds is 9. The number of aromatic nitrogens is 1. The molecule has 194 valence electrons. The van der Waals surface area contributed by atoms with Crippen LogP contribution in [0.5, 0.6) is 11.5 Å². The van der Waals surface area contributed by atoms with Crippen LogP contribution in [0.15, 0.2) is 42.6 Å². The summed E-state index contributed by atoms with van der Waals surface area (Å²) >= 11 is 0. The van der Waals surface area contributed by atoms with Crippen LogP contribution in [0.3, 0.4) is 0 Å². The second kappa shape index (κ2) is 13.4. The smallest absolute Gasteiger partial charge is 0.331 e. The van der Waals surface area contributed by atoms with E-state index in [1.165, 1.54) is 26.3 Å². The highest BCUT2D eigenvalue weighted by Gasteiger charge is 2.31. The molecule has 0 aliphatic carbocycles. The number of benzene rings is 1. The van der Waals surface area contributed by atoms with Crippen molar-refractivity contribution in [1.29, 1.82) is 0 Å². The zero-order valence-electron chi connectivity index (χ0n) is 20.4. The van der Waals surface area contributed by atoms with Gasteiger partial charge in [0.15, 0.2) is 23.2 Å². The molecule has 0 spiro atoms. The molecule has 11 heteroatoms. The Bertz CT molecular complexity index is 1030. The van der Waals surface area contributed by atoms with Crippen molar-refractivity contribution in [3.8, 4) is 11.5 Å². The van der Waals surface area contributed by atoms with Gasteiger partial charge in [0.1, 0.15) is 6.10 Å². The van der Waals surface area contributed by atoms with Crippen LogP contribution in [0.2, 0.25) is 0 Å². The van der Waals surface area contributed by atoms with E-state index in [9.17, 15) is 14.4 Å². The SMILES string of the molecule is COc1ccnc(C(=O)N[C@H]2COCC[C@@H](OCc3ccccc3)[C@H](C)OC2=O)c1OCOC(C)=O. The van der Waals surface area contributed by atoms with Crippen molar-refractivity contribution in [3.63, 3.8) is 0 Å². The van der Waals surface area contributed by atoms with E-state index in [4.69, 9.17) is 28.4 Å². The summed E-state index contributed by atoms with van der Waals surface area (Å²) in [6, 6.07) is 10.1. The largest absolute Gasteiger partial charge is 0.493 e. The minimum atomic E-state index is -1.10. The predicted molar refractivity (Wildman–Crippen MR) is 125 cm³/mol. The van der Waals surface area contributed by atoms with Crippen LogP contribution in [0.25, 0.3) is 0 Å². The number of ether oxygens (including phenoxy) is 6. The van der Waals surface area contributed by atoms with E-state index < -0.39 is 36.8 Å². The zero-order valence-corrected chi connectivity index (χ0v) is 20.4. The molecule has 1 aliphatic heterocycles. The molecule has 1 saturated heterocycles. The van der Waals surface area contributed by atoms with E-state index in [0.29, 0.717) is 19.6 Å². The number of hydrogen-bond donors (Lipinski definition) is 1. The molecule has 0 radical (unpaired) electrons. The van der Waals surface area contributed by atoms with Gasteiger partial charge in [0.05, 0.1) is 26.4 Å². The van der Waals surface area contributed by atoms with Gasteiger partial charge in [-0.15, -0.1) is 0 Å². The maximum Gasteiger partial charge on any atom is 0.331 e. The third kappa shape index (κ3) is 7.65. The molecule has 3 rings (SSSR count). The van der Waals surface area contributed by atoms with Gasteiger partial charge in [-0.05, 0) is 12.5 Å². The van der Waals surface area contributed by atoms with Crippen molar-refractivity contribution in [2.45, 2.75) is 45.1 Å². The van der Waals surface area contributed by atoms with Crippen molar-refractivity contribution in [2.75, 3.05) is 27.1 Å². The number of nitrogens with zero attached hydrogens (tertiary/aromatic N) is 1. The molecule has 0 saturated carbocycles. The number of esters is 2. The quantitative estimate of drug-likeness (QED) is 0.401. The fourth-order valence-corrected chi connectivity index (χ4v) is 3.43. The lowest BCUT2D eigenvalue weighted by atomic mass is 10.1. The maximum atomic E-state index is 13.0. The van der Waals surface area contributed by atoms with Crippen molar-refractivity contribution in [1.82, 2.24) is 10.3 Å². The molecule has 11 nitrogen and oxygen atoms in total. The summed E-state index contributed by atoms with van der Waals surface area (Å²) in [4.78, 5) is 41.0. The molecule has 0 unspecified atom stereocenters. The second-order valence-electron chi connectivity index (χ2n) is 7.96. The fraction of sp³-hybridized carbons (Fsp3) is 0.440. The van der Waals surface area contributed by atoms with E-state index in [2.05, 4.69) is 10.3 Å². The molecule has 0 bridgehead atoms. The number of hydrogen-bond acceptors (Lipinski definition) is 10. The van der Waals surface area contributed by atoms with Gasteiger partial charge in [-0.2, -0.15) is 0 Å². The highest BCUT2D eigenvalue weighted by Crippen LogP contribution is 2.29. The fourth-order valence-electron chi connectivity index (χ4n) is 3.43. The molecular formula is C25H30N2O9. The van der Waals surface area contributed by atoms with Crippen LogP contribution in [-0.4, -0.2) is 68.2 Å². The van der Waals surface area contributed by atoms with E-state index in [0.717, 1.165) is 5.56 Å². The van der Waals surface area contributed by atoms with Crippen LogP contribution in [0.1, 0.15) is 36.3 Å². The van der Waals surface area contributed by atoms with E-state index in [1.807, 2.05) is 30.3 Å². The van der Waals surface area contributed by atoms with E-state index in [-0.39, 0.29) is 29.9 Å². The summed E-state index contributed by atoms with van der Waals surface area (Å²) in [7, 11) is 1.39. The third-order valence-electron chi connectivity index (χ3n) is 5.32. The average Bonchev–Trinajstić information content (AvgIpc) is 2.93. The van der Waals surface area contributed by atoms with Crippen molar-refractivity contribution in [2.24, 2.45) is 0 Å². The van der Waals surface area contributed by atoms with Crippen molar-refractivity contribution in [3.05, 3.63) is 53.9 Å². The summed E-state index contributed by atoms with van der Waals surface area (Å²) in [6.45, 7) is 3.08. The van der Waals surface area contributed by atoms with E-state index in [1.54, 1.807) is 6.92 Å². The summed E-state index contributed by atoms with van der Waals surface area (Å²) < 4.78 is 32.6. The Balaban J connectivity index is 1.66. The van der Waals surface area contributed by atoms with Gasteiger partial charge in [-0.3, -0.25) is 9.59 Å². The lowest BCUT2D eigenvalue weighted by Gasteiger charge is -2.24. The van der Waals surface area contributed by atoms with Crippen LogP contribution >= 0.6 is 0 Å². The molecule has 1 aromatic carbocycles. The number of carbonyl (C=O) groups is 3. The van der Waals surface area contributed by atoms with Gasteiger partial charge >= 0.3 is 11.9 Å². The Kier molecular flexibility index (Phi) is 10.0. The molecule has 2 aromatic rings. The van der Waals surface area contributed by atoms with Crippen LogP contribution in [-0.2, 0) is 35.1 Å². The number of amides is 1. The summed E-state index contributed by atoms with van der Waals surface area (Å²) in [5, 5.41) is 2.58.